The third kappa shape index (κ3) is 6.05. The number of nitrogens with one attached hydrogen (secondary N) is 1. The first kappa shape index (κ1) is 20.9. The quantitative estimate of drug-likeness (QED) is 0.788. The van der Waals surface area contributed by atoms with Crippen molar-refractivity contribution in [2.24, 2.45) is 5.73 Å². The maximum atomic E-state index is 12.7. The molecule has 0 aliphatic carbocycles. The number of halogens is 1. The summed E-state index contributed by atoms with van der Waals surface area (Å²) in [6.45, 7) is 1.54. The van der Waals surface area contributed by atoms with Crippen LogP contribution in [0.4, 0.5) is 0 Å². The van der Waals surface area contributed by atoms with E-state index < -0.39 is 10.0 Å². The number of likely N-dealkylation sites (tertiary alicyclic amines) is 1. The summed E-state index contributed by atoms with van der Waals surface area (Å²) < 4.78 is 24.8. The summed E-state index contributed by atoms with van der Waals surface area (Å²) >= 11 is 0. The summed E-state index contributed by atoms with van der Waals surface area (Å²) in [5.41, 5.74) is 7.23. The Morgan fingerprint density at radius 1 is 1.29 bits per heavy atom. The summed E-state index contributed by atoms with van der Waals surface area (Å²) in [5, 5.41) is 0. The summed E-state index contributed by atoms with van der Waals surface area (Å²) in [4.78, 5) is 14.6. The molecule has 3 N–H and O–H groups in total. The molecule has 1 aliphatic rings. The number of hydrogen-bond donors (Lipinski definition) is 2. The predicted octanol–water partition coefficient (Wildman–Crippen LogP) is 1.50. The minimum Gasteiger partial charge on any atom is -0.336 e. The van der Waals surface area contributed by atoms with Gasteiger partial charge in [0, 0.05) is 31.2 Å². The summed E-state index contributed by atoms with van der Waals surface area (Å²) in [5.74, 6) is 0.0117. The van der Waals surface area contributed by atoms with Crippen LogP contribution in [0.15, 0.2) is 24.3 Å². The van der Waals surface area contributed by atoms with E-state index in [9.17, 15) is 13.2 Å². The van der Waals surface area contributed by atoms with Gasteiger partial charge in [0.15, 0.2) is 0 Å². The zero-order valence-corrected chi connectivity index (χ0v) is 15.5. The maximum absolute atomic E-state index is 12.7. The first-order chi connectivity index (χ1) is 10.9. The largest absolute Gasteiger partial charge is 0.336 e. The number of hydrogen-bond acceptors (Lipinski definition) is 4. The molecule has 1 aromatic rings. The second kappa shape index (κ2) is 9.36. The number of piperidine rings is 1. The molecule has 1 unspecified atom stereocenters. The van der Waals surface area contributed by atoms with Crippen molar-refractivity contribution in [3.05, 3.63) is 35.4 Å². The molecule has 6 nitrogen and oxygen atoms in total. The Morgan fingerprint density at radius 2 is 1.96 bits per heavy atom. The Hall–Kier alpha value is -1.15. The molecule has 1 aromatic carbocycles. The molecule has 2 rings (SSSR count). The Kier molecular flexibility index (Phi) is 8.15. The van der Waals surface area contributed by atoms with E-state index >= 15 is 0 Å². The lowest BCUT2D eigenvalue weighted by atomic mass is 9.98. The van der Waals surface area contributed by atoms with Crippen LogP contribution in [0.25, 0.3) is 0 Å². The van der Waals surface area contributed by atoms with Gasteiger partial charge in [-0.1, -0.05) is 12.1 Å². The molecule has 24 heavy (non-hydrogen) atoms. The smallest absolute Gasteiger partial charge is 0.254 e. The molecule has 1 amide bonds. The molecule has 136 valence electrons. The lowest BCUT2D eigenvalue weighted by molar-refractivity contribution is 0.0604. The van der Waals surface area contributed by atoms with Crippen LogP contribution < -0.4 is 10.5 Å². The molecule has 0 radical (unpaired) electrons. The van der Waals surface area contributed by atoms with E-state index in [-0.39, 0.29) is 24.4 Å². The minimum atomic E-state index is -3.19. The SMILES string of the molecule is CS(=O)(=O)NCCC1CCCCN1C(=O)c1ccc(CN)cc1.Cl. The average Bonchev–Trinajstić information content (AvgIpc) is 2.53. The number of carbonyl (C=O) groups is 1. The summed E-state index contributed by atoms with van der Waals surface area (Å²) in [7, 11) is -3.19. The van der Waals surface area contributed by atoms with Crippen molar-refractivity contribution in [3.8, 4) is 0 Å². The monoisotopic (exact) mass is 375 g/mol. The van der Waals surface area contributed by atoms with E-state index in [0.717, 1.165) is 37.6 Å². The van der Waals surface area contributed by atoms with E-state index in [2.05, 4.69) is 4.72 Å². The van der Waals surface area contributed by atoms with Crippen LogP contribution in [0.1, 0.15) is 41.6 Å². The molecule has 0 bridgehead atoms. The molecule has 0 saturated carbocycles. The van der Waals surface area contributed by atoms with Crippen LogP contribution in [0, 0.1) is 0 Å². The van der Waals surface area contributed by atoms with Crippen molar-refractivity contribution in [1.29, 1.82) is 0 Å². The number of sulfonamides is 1. The van der Waals surface area contributed by atoms with Crippen LogP contribution in [-0.2, 0) is 16.6 Å². The number of nitrogens with two attached hydrogens (primary N) is 1. The van der Waals surface area contributed by atoms with E-state index in [4.69, 9.17) is 5.73 Å². The zero-order chi connectivity index (χ0) is 16.9. The summed E-state index contributed by atoms with van der Waals surface area (Å²) in [6, 6.07) is 7.45. The van der Waals surface area contributed by atoms with Gasteiger partial charge in [0.25, 0.3) is 5.91 Å². The van der Waals surface area contributed by atoms with Crippen molar-refractivity contribution in [2.45, 2.75) is 38.3 Å². The second-order valence-corrected chi connectivity index (χ2v) is 7.84. The fraction of sp³-hybridized carbons (Fsp3) is 0.562. The molecule has 0 spiro atoms. The second-order valence-electron chi connectivity index (χ2n) is 6.00. The molecule has 1 atom stereocenters. The van der Waals surface area contributed by atoms with E-state index in [1.807, 2.05) is 29.2 Å². The highest BCUT2D eigenvalue weighted by atomic mass is 35.5. The van der Waals surface area contributed by atoms with Crippen LogP contribution in [-0.4, -0.2) is 44.6 Å². The van der Waals surface area contributed by atoms with Crippen LogP contribution in [0.3, 0.4) is 0 Å². The van der Waals surface area contributed by atoms with Gasteiger partial charge in [-0.2, -0.15) is 0 Å². The fourth-order valence-corrected chi connectivity index (χ4v) is 3.42. The van der Waals surface area contributed by atoms with Crippen molar-refractivity contribution >= 4 is 28.3 Å². The van der Waals surface area contributed by atoms with Gasteiger partial charge in [0.1, 0.15) is 0 Å². The Morgan fingerprint density at radius 3 is 2.54 bits per heavy atom. The molecule has 8 heteroatoms. The Labute approximate surface area is 150 Å². The van der Waals surface area contributed by atoms with Gasteiger partial charge < -0.3 is 10.6 Å². The molecule has 1 heterocycles. The third-order valence-electron chi connectivity index (χ3n) is 4.17. The zero-order valence-electron chi connectivity index (χ0n) is 13.9. The standard InChI is InChI=1S/C16H25N3O3S.ClH/c1-23(21,22)18-10-9-15-4-2-3-11-19(15)16(20)14-7-5-13(12-17)6-8-14;/h5-8,15,18H,2-4,9-12,17H2,1H3;1H. The minimum absolute atomic E-state index is 0. The predicted molar refractivity (Wildman–Crippen MR) is 97.7 cm³/mol. The molecule has 1 fully saturated rings. The first-order valence-electron chi connectivity index (χ1n) is 7.95. The molecular weight excluding hydrogens is 350 g/mol. The third-order valence-corrected chi connectivity index (χ3v) is 4.89. The van der Waals surface area contributed by atoms with Gasteiger partial charge in [0.2, 0.25) is 10.0 Å². The van der Waals surface area contributed by atoms with Gasteiger partial charge >= 0.3 is 0 Å². The van der Waals surface area contributed by atoms with E-state index in [1.165, 1.54) is 0 Å². The lowest BCUT2D eigenvalue weighted by Gasteiger charge is -2.36. The molecular formula is C16H26ClN3O3S. The van der Waals surface area contributed by atoms with Crippen molar-refractivity contribution in [2.75, 3.05) is 19.3 Å². The van der Waals surface area contributed by atoms with Gasteiger partial charge in [-0.05, 0) is 43.4 Å². The fourth-order valence-electron chi connectivity index (χ4n) is 2.93. The average molecular weight is 376 g/mol. The summed E-state index contributed by atoms with van der Waals surface area (Å²) in [6.07, 6.45) is 4.76. The topological polar surface area (TPSA) is 92.5 Å². The van der Waals surface area contributed by atoms with Crippen molar-refractivity contribution < 1.29 is 13.2 Å². The van der Waals surface area contributed by atoms with E-state index in [1.54, 1.807) is 0 Å². The van der Waals surface area contributed by atoms with Crippen LogP contribution in [0.2, 0.25) is 0 Å². The first-order valence-corrected chi connectivity index (χ1v) is 9.84. The highest BCUT2D eigenvalue weighted by Crippen LogP contribution is 2.22. The number of amides is 1. The number of rotatable bonds is 6. The normalized spacial score (nSPS) is 18.1. The number of carbonyl (C=O) groups excluding carboxylic acids is 1. The lowest BCUT2D eigenvalue weighted by Crippen LogP contribution is -2.45. The Balaban J connectivity index is 0.00000288. The van der Waals surface area contributed by atoms with Crippen LogP contribution >= 0.6 is 12.4 Å². The molecule has 1 saturated heterocycles. The maximum Gasteiger partial charge on any atom is 0.254 e. The number of nitrogens with zero attached hydrogens (tertiary/aromatic N) is 1. The Bertz CT molecular complexity index is 634. The highest BCUT2D eigenvalue weighted by Gasteiger charge is 2.27. The molecule has 1 aliphatic heterocycles. The number of benzene rings is 1. The van der Waals surface area contributed by atoms with Crippen molar-refractivity contribution in [1.82, 2.24) is 9.62 Å². The van der Waals surface area contributed by atoms with Gasteiger partial charge in [-0.25, -0.2) is 13.1 Å². The van der Waals surface area contributed by atoms with Crippen molar-refractivity contribution in [3.63, 3.8) is 0 Å². The van der Waals surface area contributed by atoms with Crippen LogP contribution in [0.5, 0.6) is 0 Å². The van der Waals surface area contributed by atoms with Gasteiger partial charge in [-0.3, -0.25) is 4.79 Å². The van der Waals surface area contributed by atoms with Gasteiger partial charge in [0.05, 0.1) is 6.26 Å². The highest BCUT2D eigenvalue weighted by molar-refractivity contribution is 7.88. The van der Waals surface area contributed by atoms with E-state index in [0.29, 0.717) is 25.1 Å². The molecule has 0 aromatic heterocycles. The van der Waals surface area contributed by atoms with Gasteiger partial charge in [-0.15, -0.1) is 12.4 Å².